The number of thiazole rings is 1. The zero-order chi connectivity index (χ0) is 13.8. The highest BCUT2D eigenvalue weighted by Crippen LogP contribution is 2.22. The number of anilines is 1. The molecule has 1 aromatic rings. The fraction of sp³-hybridized carbons (Fsp3) is 0.556. The summed E-state index contributed by atoms with van der Waals surface area (Å²) < 4.78 is 26.0. The third-order valence-corrected chi connectivity index (χ3v) is 4.00. The number of rotatable bonds is 6. The maximum atomic E-state index is 11.3. The number of nitrogens with zero attached hydrogens (tertiary/aromatic N) is 1. The topological polar surface area (TPSA) is 111 Å². The molecule has 0 spiro atoms. The van der Waals surface area contributed by atoms with Crippen LogP contribution in [0.5, 0.6) is 0 Å². The number of nitrogens with two attached hydrogens (primary N) is 1. The summed E-state index contributed by atoms with van der Waals surface area (Å²) in [6.07, 6.45) is 0.380. The van der Waals surface area contributed by atoms with Crippen molar-refractivity contribution in [2.45, 2.75) is 13.3 Å². The van der Waals surface area contributed by atoms with Gasteiger partial charge in [-0.2, -0.15) is 0 Å². The van der Waals surface area contributed by atoms with Crippen molar-refractivity contribution < 1.29 is 17.9 Å². The number of nitrogens with one attached hydrogen (secondary N) is 1. The molecule has 0 aliphatic carbocycles. The summed E-state index contributed by atoms with van der Waals surface area (Å²) >= 11 is 1.17. The third kappa shape index (κ3) is 4.59. The second kappa shape index (κ2) is 6.12. The lowest BCUT2D eigenvalue weighted by Gasteiger charge is -2.00. The molecular weight excluding hydrogens is 278 g/mol. The fourth-order valence-electron chi connectivity index (χ4n) is 1.22. The van der Waals surface area contributed by atoms with Crippen molar-refractivity contribution in [3.05, 3.63) is 10.6 Å². The second-order valence-electron chi connectivity index (χ2n) is 3.57. The van der Waals surface area contributed by atoms with Crippen LogP contribution >= 0.6 is 11.3 Å². The lowest BCUT2D eigenvalue weighted by Crippen LogP contribution is -2.18. The van der Waals surface area contributed by atoms with Gasteiger partial charge in [-0.1, -0.05) is 11.3 Å². The van der Waals surface area contributed by atoms with E-state index in [1.807, 2.05) is 0 Å². The van der Waals surface area contributed by atoms with Gasteiger partial charge in [0.2, 0.25) is 10.0 Å². The number of primary sulfonamides is 1. The highest BCUT2D eigenvalue weighted by Gasteiger charge is 2.15. The molecule has 0 saturated heterocycles. The molecule has 7 nitrogen and oxygen atoms in total. The van der Waals surface area contributed by atoms with Crippen molar-refractivity contribution in [3.63, 3.8) is 0 Å². The first-order chi connectivity index (χ1) is 8.33. The fourth-order valence-corrected chi connectivity index (χ4v) is 2.68. The molecule has 0 atom stereocenters. The molecule has 0 amide bonds. The number of methoxy groups -OCH3 is 1. The molecule has 0 bridgehead atoms. The van der Waals surface area contributed by atoms with E-state index < -0.39 is 16.0 Å². The van der Waals surface area contributed by atoms with Crippen molar-refractivity contribution in [2.75, 3.05) is 24.7 Å². The summed E-state index contributed by atoms with van der Waals surface area (Å²) in [5.74, 6) is -0.517. The normalized spacial score (nSPS) is 11.3. The largest absolute Gasteiger partial charge is 0.465 e. The van der Waals surface area contributed by atoms with Crippen molar-refractivity contribution in [1.29, 1.82) is 0 Å². The molecule has 0 saturated carbocycles. The summed E-state index contributed by atoms with van der Waals surface area (Å²) in [6.45, 7) is 2.13. The third-order valence-electron chi connectivity index (χ3n) is 2.05. The van der Waals surface area contributed by atoms with E-state index in [2.05, 4.69) is 15.0 Å². The zero-order valence-electron chi connectivity index (χ0n) is 10.1. The van der Waals surface area contributed by atoms with E-state index >= 15 is 0 Å². The Morgan fingerprint density at radius 3 is 2.78 bits per heavy atom. The molecule has 0 aliphatic heterocycles. The van der Waals surface area contributed by atoms with E-state index in [0.29, 0.717) is 28.7 Å². The van der Waals surface area contributed by atoms with Crippen LogP contribution in [0.1, 0.15) is 21.8 Å². The first-order valence-corrected chi connectivity index (χ1v) is 7.67. The molecule has 0 unspecified atom stereocenters. The van der Waals surface area contributed by atoms with Gasteiger partial charge in [-0.3, -0.25) is 0 Å². The quantitative estimate of drug-likeness (QED) is 0.577. The second-order valence-corrected chi connectivity index (χ2v) is 6.31. The molecule has 9 heteroatoms. The average Bonchev–Trinajstić information content (AvgIpc) is 2.64. The molecule has 18 heavy (non-hydrogen) atoms. The van der Waals surface area contributed by atoms with Crippen molar-refractivity contribution >= 4 is 32.5 Å². The number of ether oxygens (including phenoxy) is 1. The number of hydrogen-bond donors (Lipinski definition) is 2. The zero-order valence-corrected chi connectivity index (χ0v) is 11.7. The van der Waals surface area contributed by atoms with Crippen LogP contribution in [0.3, 0.4) is 0 Å². The molecule has 0 aromatic carbocycles. The monoisotopic (exact) mass is 293 g/mol. The summed E-state index contributed by atoms with van der Waals surface area (Å²) in [7, 11) is -2.12. The minimum Gasteiger partial charge on any atom is -0.465 e. The molecule has 1 rings (SSSR count). The standard InChI is InChI=1S/C9H15N3O4S2/c1-6-7(8(13)16-2)17-9(12-6)11-4-3-5-18(10,14)15/h3-5H2,1-2H3,(H,11,12)(H2,10,14,15). The number of esters is 1. The van der Waals surface area contributed by atoms with Crippen molar-refractivity contribution in [2.24, 2.45) is 5.14 Å². The van der Waals surface area contributed by atoms with Crippen LogP contribution in [0, 0.1) is 6.92 Å². The number of aromatic nitrogens is 1. The van der Waals surface area contributed by atoms with Gasteiger partial charge in [0.25, 0.3) is 0 Å². The van der Waals surface area contributed by atoms with E-state index in [-0.39, 0.29) is 5.75 Å². The molecular formula is C9H15N3O4S2. The summed E-state index contributed by atoms with van der Waals surface area (Å²) in [5, 5.41) is 8.37. The highest BCUT2D eigenvalue weighted by atomic mass is 32.2. The van der Waals surface area contributed by atoms with E-state index in [9.17, 15) is 13.2 Å². The minimum atomic E-state index is -3.43. The Balaban J connectivity index is 2.51. The van der Waals surface area contributed by atoms with E-state index in [4.69, 9.17) is 5.14 Å². The Morgan fingerprint density at radius 1 is 1.56 bits per heavy atom. The van der Waals surface area contributed by atoms with Crippen LogP contribution < -0.4 is 10.5 Å². The summed E-state index contributed by atoms with van der Waals surface area (Å²) in [4.78, 5) is 15.9. The van der Waals surface area contributed by atoms with E-state index in [1.165, 1.54) is 18.4 Å². The van der Waals surface area contributed by atoms with Crippen LogP contribution in [-0.2, 0) is 14.8 Å². The number of hydrogen-bond acceptors (Lipinski definition) is 7. The molecule has 3 N–H and O–H groups in total. The maximum Gasteiger partial charge on any atom is 0.350 e. The van der Waals surface area contributed by atoms with Gasteiger partial charge in [-0.15, -0.1) is 0 Å². The maximum absolute atomic E-state index is 11.3. The van der Waals surface area contributed by atoms with Crippen LogP contribution in [0.4, 0.5) is 5.13 Å². The van der Waals surface area contributed by atoms with Gasteiger partial charge >= 0.3 is 5.97 Å². The Labute approximate surface area is 109 Å². The van der Waals surface area contributed by atoms with Crippen LogP contribution in [0.2, 0.25) is 0 Å². The number of aryl methyl sites for hydroxylation is 1. The van der Waals surface area contributed by atoms with E-state index in [1.54, 1.807) is 6.92 Å². The van der Waals surface area contributed by atoms with Crippen LogP contribution in [0.25, 0.3) is 0 Å². The average molecular weight is 293 g/mol. The number of carbonyl (C=O) groups is 1. The smallest absolute Gasteiger partial charge is 0.350 e. The Kier molecular flexibility index (Phi) is 5.05. The van der Waals surface area contributed by atoms with Crippen LogP contribution in [0.15, 0.2) is 0 Å². The van der Waals surface area contributed by atoms with Gasteiger partial charge < -0.3 is 10.1 Å². The van der Waals surface area contributed by atoms with E-state index in [0.717, 1.165) is 0 Å². The van der Waals surface area contributed by atoms with Gasteiger partial charge in [-0.25, -0.2) is 23.3 Å². The Bertz CT molecular complexity index is 524. The van der Waals surface area contributed by atoms with Gasteiger partial charge in [0.15, 0.2) is 5.13 Å². The lowest BCUT2D eigenvalue weighted by molar-refractivity contribution is 0.0605. The molecule has 0 aliphatic rings. The first-order valence-electron chi connectivity index (χ1n) is 5.13. The Morgan fingerprint density at radius 2 is 2.22 bits per heavy atom. The predicted octanol–water partition coefficient (Wildman–Crippen LogP) is 0.329. The predicted molar refractivity (Wildman–Crippen MR) is 69.3 cm³/mol. The molecule has 0 fully saturated rings. The Hall–Kier alpha value is -1.19. The van der Waals surface area contributed by atoms with Crippen molar-refractivity contribution in [3.8, 4) is 0 Å². The summed E-state index contributed by atoms with van der Waals surface area (Å²) in [5.41, 5.74) is 0.584. The molecule has 1 aromatic heterocycles. The molecule has 0 radical (unpaired) electrons. The first kappa shape index (κ1) is 14.9. The lowest BCUT2D eigenvalue weighted by atomic mass is 10.4. The summed E-state index contributed by atoms with van der Waals surface area (Å²) in [6, 6.07) is 0. The van der Waals surface area contributed by atoms with Gasteiger partial charge in [0, 0.05) is 6.54 Å². The van der Waals surface area contributed by atoms with Crippen LogP contribution in [-0.4, -0.2) is 38.8 Å². The van der Waals surface area contributed by atoms with Gasteiger partial charge in [0.05, 0.1) is 18.6 Å². The van der Waals surface area contributed by atoms with Gasteiger partial charge in [0.1, 0.15) is 4.88 Å². The SMILES string of the molecule is COC(=O)c1sc(NCCCS(N)(=O)=O)nc1C. The molecule has 1 heterocycles. The van der Waals surface area contributed by atoms with Crippen molar-refractivity contribution in [1.82, 2.24) is 4.98 Å². The highest BCUT2D eigenvalue weighted by molar-refractivity contribution is 7.89. The number of carbonyl (C=O) groups excluding carboxylic acids is 1. The molecule has 102 valence electrons. The minimum absolute atomic E-state index is 0.0891. The van der Waals surface area contributed by atoms with Gasteiger partial charge in [-0.05, 0) is 13.3 Å². The number of sulfonamides is 1.